The maximum absolute atomic E-state index is 12.2. The van der Waals surface area contributed by atoms with E-state index >= 15 is 0 Å². The largest absolute Gasteiger partial charge is 0.423 e. The number of benzene rings is 3. The van der Waals surface area contributed by atoms with E-state index in [1.165, 1.54) is 6.21 Å². The molecule has 7 nitrogen and oxygen atoms in total. The van der Waals surface area contributed by atoms with E-state index in [0.29, 0.717) is 26.9 Å². The topological polar surface area (TPSA) is 96.9 Å². The number of esters is 1. The Bertz CT molecular complexity index is 1160. The number of nitrogens with one attached hydrogen (secondary N) is 2. The third-order valence-corrected chi connectivity index (χ3v) is 5.27. The fraction of sp³-hybridized carbons (Fsp3) is 0.0435. The van der Waals surface area contributed by atoms with Crippen LogP contribution in [0.4, 0.5) is 0 Å². The Balaban J connectivity index is 1.46. The number of hydrogen-bond donors (Lipinski definition) is 2. The highest BCUT2D eigenvalue weighted by Crippen LogP contribution is 2.19. The Morgan fingerprint density at radius 3 is 2.41 bits per heavy atom. The van der Waals surface area contributed by atoms with Crippen LogP contribution in [0.25, 0.3) is 0 Å². The minimum Gasteiger partial charge on any atom is -0.423 e. The zero-order chi connectivity index (χ0) is 22.9. The lowest BCUT2D eigenvalue weighted by molar-refractivity contribution is -0.120. The molecule has 32 heavy (non-hydrogen) atoms. The average molecular weight is 559 g/mol. The second-order valence-corrected chi connectivity index (χ2v) is 8.19. The molecule has 0 unspecified atom stereocenters. The van der Waals surface area contributed by atoms with Gasteiger partial charge in [-0.2, -0.15) is 5.10 Å². The van der Waals surface area contributed by atoms with Gasteiger partial charge in [0.15, 0.2) is 0 Å². The summed E-state index contributed by atoms with van der Waals surface area (Å²) in [6.07, 6.45) is 1.44. The van der Waals surface area contributed by atoms with E-state index in [9.17, 15) is 14.4 Å². The molecule has 0 saturated carbocycles. The van der Waals surface area contributed by atoms with Gasteiger partial charge in [0, 0.05) is 14.5 Å². The number of ether oxygens (including phenoxy) is 1. The van der Waals surface area contributed by atoms with Crippen molar-refractivity contribution in [2.24, 2.45) is 5.10 Å². The van der Waals surface area contributed by atoms with Crippen molar-refractivity contribution in [2.45, 2.75) is 0 Å². The van der Waals surface area contributed by atoms with Gasteiger partial charge in [-0.05, 0) is 76.1 Å². The predicted molar refractivity (Wildman–Crippen MR) is 128 cm³/mol. The molecular formula is C23H17Br2N3O4. The quantitative estimate of drug-likeness (QED) is 0.195. The number of halogens is 2. The fourth-order valence-corrected chi connectivity index (χ4v) is 3.37. The zero-order valence-electron chi connectivity index (χ0n) is 16.5. The van der Waals surface area contributed by atoms with E-state index in [1.54, 1.807) is 66.7 Å². The number of carbonyl (C=O) groups excluding carboxylic acids is 3. The van der Waals surface area contributed by atoms with E-state index < -0.39 is 11.9 Å². The van der Waals surface area contributed by atoms with Gasteiger partial charge in [-0.25, -0.2) is 10.2 Å². The molecule has 0 heterocycles. The van der Waals surface area contributed by atoms with E-state index in [0.717, 1.165) is 4.47 Å². The number of carbonyl (C=O) groups is 3. The molecule has 162 valence electrons. The molecule has 0 aliphatic heterocycles. The molecule has 0 spiro atoms. The normalized spacial score (nSPS) is 10.6. The van der Waals surface area contributed by atoms with Crippen molar-refractivity contribution in [1.29, 1.82) is 0 Å². The second kappa shape index (κ2) is 11.4. The van der Waals surface area contributed by atoms with Crippen LogP contribution < -0.4 is 15.5 Å². The molecular weight excluding hydrogens is 542 g/mol. The molecule has 2 amide bonds. The lowest BCUT2D eigenvalue weighted by atomic mass is 10.2. The Morgan fingerprint density at radius 1 is 0.938 bits per heavy atom. The molecule has 0 aliphatic carbocycles. The van der Waals surface area contributed by atoms with Crippen LogP contribution >= 0.6 is 31.9 Å². The molecule has 0 atom stereocenters. The van der Waals surface area contributed by atoms with E-state index in [-0.39, 0.29) is 12.5 Å². The van der Waals surface area contributed by atoms with Crippen LogP contribution in [0.1, 0.15) is 26.3 Å². The fourth-order valence-electron chi connectivity index (χ4n) is 2.52. The molecule has 0 saturated heterocycles. The first kappa shape index (κ1) is 23.4. The SMILES string of the molecule is O=C(CNC(=O)c1cccc(Br)c1)N/N=C\c1ccc(OC(=O)c2ccccc2Br)cc1. The van der Waals surface area contributed by atoms with Gasteiger partial charge in [-0.1, -0.05) is 34.1 Å². The van der Waals surface area contributed by atoms with Crippen molar-refractivity contribution in [1.82, 2.24) is 10.7 Å². The Morgan fingerprint density at radius 2 is 1.69 bits per heavy atom. The van der Waals surface area contributed by atoms with Crippen LogP contribution in [0.15, 0.2) is 86.8 Å². The summed E-state index contributed by atoms with van der Waals surface area (Å²) >= 11 is 6.61. The van der Waals surface area contributed by atoms with Gasteiger partial charge < -0.3 is 10.1 Å². The summed E-state index contributed by atoms with van der Waals surface area (Å²) in [5.74, 6) is -0.931. The molecule has 3 aromatic carbocycles. The minimum atomic E-state index is -0.476. The first-order chi connectivity index (χ1) is 15.4. The van der Waals surface area contributed by atoms with E-state index in [2.05, 4.69) is 47.7 Å². The molecule has 0 fully saturated rings. The van der Waals surface area contributed by atoms with Gasteiger partial charge in [0.2, 0.25) is 0 Å². The number of nitrogens with zero attached hydrogens (tertiary/aromatic N) is 1. The van der Waals surface area contributed by atoms with Crippen LogP contribution in [0.2, 0.25) is 0 Å². The van der Waals surface area contributed by atoms with Crippen LogP contribution in [-0.4, -0.2) is 30.5 Å². The van der Waals surface area contributed by atoms with E-state index in [1.807, 2.05) is 6.07 Å². The predicted octanol–water partition coefficient (Wildman–Crippen LogP) is 4.31. The zero-order valence-corrected chi connectivity index (χ0v) is 19.7. The van der Waals surface area contributed by atoms with Crippen LogP contribution in [0, 0.1) is 0 Å². The summed E-state index contributed by atoms with van der Waals surface area (Å²) in [6.45, 7) is -0.216. The minimum absolute atomic E-state index is 0.216. The molecule has 3 rings (SSSR count). The van der Waals surface area contributed by atoms with E-state index in [4.69, 9.17) is 4.74 Å². The van der Waals surface area contributed by atoms with Gasteiger partial charge in [0.25, 0.3) is 11.8 Å². The molecule has 9 heteroatoms. The highest BCUT2D eigenvalue weighted by Gasteiger charge is 2.11. The summed E-state index contributed by atoms with van der Waals surface area (Å²) in [5.41, 5.74) is 3.89. The molecule has 3 aromatic rings. The smallest absolute Gasteiger partial charge is 0.344 e. The number of rotatable bonds is 7. The molecule has 0 aromatic heterocycles. The number of amides is 2. The van der Waals surface area contributed by atoms with Crippen molar-refractivity contribution in [3.05, 3.63) is 98.4 Å². The maximum Gasteiger partial charge on any atom is 0.344 e. The van der Waals surface area contributed by atoms with Crippen molar-refractivity contribution in [2.75, 3.05) is 6.54 Å². The Hall–Kier alpha value is -3.30. The van der Waals surface area contributed by atoms with Gasteiger partial charge in [0.05, 0.1) is 18.3 Å². The summed E-state index contributed by atoms with van der Waals surface area (Å²) in [5, 5.41) is 6.38. The van der Waals surface area contributed by atoms with Gasteiger partial charge in [-0.15, -0.1) is 0 Å². The first-order valence-corrected chi connectivity index (χ1v) is 10.9. The van der Waals surface area contributed by atoms with Gasteiger partial charge in [0.1, 0.15) is 5.75 Å². The molecule has 0 radical (unpaired) electrons. The highest BCUT2D eigenvalue weighted by atomic mass is 79.9. The van der Waals surface area contributed by atoms with Crippen LogP contribution in [0.3, 0.4) is 0 Å². The van der Waals surface area contributed by atoms with Crippen molar-refractivity contribution in [3.8, 4) is 5.75 Å². The Kier molecular flexibility index (Phi) is 8.29. The van der Waals surface area contributed by atoms with Gasteiger partial charge in [-0.3, -0.25) is 9.59 Å². The Labute approximate surface area is 201 Å². The number of hydrogen-bond acceptors (Lipinski definition) is 5. The monoisotopic (exact) mass is 557 g/mol. The van der Waals surface area contributed by atoms with Crippen molar-refractivity contribution >= 4 is 55.9 Å². The first-order valence-electron chi connectivity index (χ1n) is 9.35. The molecule has 2 N–H and O–H groups in total. The lowest BCUT2D eigenvalue weighted by Crippen LogP contribution is -2.34. The summed E-state index contributed by atoms with van der Waals surface area (Å²) in [4.78, 5) is 36.1. The standard InChI is InChI=1S/C23H17Br2N3O4/c24-17-5-3-4-16(12-17)22(30)26-14-21(29)28-27-13-15-8-10-18(11-9-15)32-23(31)19-6-1-2-7-20(19)25/h1-13H,14H2,(H,26,30)(H,28,29)/b27-13-. The molecule has 0 aliphatic rings. The third-order valence-electron chi connectivity index (χ3n) is 4.08. The summed E-state index contributed by atoms with van der Waals surface area (Å²) < 4.78 is 6.77. The summed E-state index contributed by atoms with van der Waals surface area (Å²) in [6, 6.07) is 20.4. The third kappa shape index (κ3) is 6.86. The second-order valence-electron chi connectivity index (χ2n) is 6.42. The number of hydrazone groups is 1. The van der Waals surface area contributed by atoms with Gasteiger partial charge >= 0.3 is 5.97 Å². The highest BCUT2D eigenvalue weighted by molar-refractivity contribution is 9.10. The maximum atomic E-state index is 12.2. The molecule has 0 bridgehead atoms. The van der Waals surface area contributed by atoms with Crippen molar-refractivity contribution < 1.29 is 19.1 Å². The van der Waals surface area contributed by atoms with Crippen LogP contribution in [-0.2, 0) is 4.79 Å². The summed E-state index contributed by atoms with van der Waals surface area (Å²) in [7, 11) is 0. The average Bonchev–Trinajstić information content (AvgIpc) is 2.79. The lowest BCUT2D eigenvalue weighted by Gasteiger charge is -2.06. The van der Waals surface area contributed by atoms with Crippen LogP contribution in [0.5, 0.6) is 5.75 Å². The van der Waals surface area contributed by atoms with Crippen molar-refractivity contribution in [3.63, 3.8) is 0 Å².